The van der Waals surface area contributed by atoms with Crippen molar-refractivity contribution in [3.8, 4) is 5.88 Å². The molecule has 0 aliphatic rings. The minimum Gasteiger partial charge on any atom is -0.494 e. The van der Waals surface area contributed by atoms with E-state index in [1.165, 1.54) is 15.3 Å². The van der Waals surface area contributed by atoms with E-state index in [4.69, 9.17) is 12.2 Å². The molecule has 0 atom stereocenters. The molecule has 1 aromatic carbocycles. The molecule has 1 heterocycles. The summed E-state index contributed by atoms with van der Waals surface area (Å²) >= 11 is 8.63. The lowest BCUT2D eigenvalue weighted by atomic mass is 10.3. The van der Waals surface area contributed by atoms with Crippen LogP contribution in [-0.4, -0.2) is 20.5 Å². The second-order valence-corrected chi connectivity index (χ2v) is 5.74. The van der Waals surface area contributed by atoms with Crippen LogP contribution in [0.2, 0.25) is 0 Å². The lowest BCUT2D eigenvalue weighted by Crippen LogP contribution is -2.27. The van der Waals surface area contributed by atoms with Crippen LogP contribution in [0.3, 0.4) is 0 Å². The molecule has 0 saturated heterocycles. The molecule has 0 fully saturated rings. The van der Waals surface area contributed by atoms with Crippen molar-refractivity contribution in [3.05, 3.63) is 49.4 Å². The highest BCUT2D eigenvalue weighted by Crippen LogP contribution is 2.24. The molecule has 1 aromatic heterocycles. The lowest BCUT2D eigenvalue weighted by molar-refractivity contribution is 0.399. The minimum atomic E-state index is -0.342. The van der Waals surface area contributed by atoms with Crippen molar-refractivity contribution in [2.45, 2.75) is 26.9 Å². The summed E-state index contributed by atoms with van der Waals surface area (Å²) in [6.07, 6.45) is 1.38. The summed E-state index contributed by atoms with van der Waals surface area (Å²) in [6.45, 7) is 4.60. The molecule has 0 bridgehead atoms. The monoisotopic (exact) mass is 381 g/mol. The van der Waals surface area contributed by atoms with Crippen LogP contribution in [-0.2, 0) is 13.1 Å². The molecule has 22 heavy (non-hydrogen) atoms. The molecule has 0 amide bonds. The fourth-order valence-corrected chi connectivity index (χ4v) is 2.89. The van der Waals surface area contributed by atoms with Crippen molar-refractivity contribution in [3.63, 3.8) is 0 Å². The SMILES string of the molecule is CCn1c(O)c(C=Nc2ccccc2Br)c(=O)n(CC)c1=S. The Labute approximate surface area is 141 Å². The Balaban J connectivity index is 2.64. The number of aromatic nitrogens is 2. The van der Waals surface area contributed by atoms with E-state index < -0.39 is 0 Å². The highest BCUT2D eigenvalue weighted by atomic mass is 79.9. The number of halogens is 1. The lowest BCUT2D eigenvalue weighted by Gasteiger charge is -2.13. The van der Waals surface area contributed by atoms with E-state index in [1.54, 1.807) is 0 Å². The van der Waals surface area contributed by atoms with Gasteiger partial charge in [-0.25, -0.2) is 0 Å². The van der Waals surface area contributed by atoms with Crippen LogP contribution < -0.4 is 5.56 Å². The Kier molecular flexibility index (Phi) is 5.31. The van der Waals surface area contributed by atoms with E-state index in [-0.39, 0.29) is 17.0 Å². The zero-order valence-corrected chi connectivity index (χ0v) is 14.7. The van der Waals surface area contributed by atoms with E-state index >= 15 is 0 Å². The Bertz CT molecular complexity index is 840. The zero-order valence-electron chi connectivity index (χ0n) is 12.3. The zero-order chi connectivity index (χ0) is 16.3. The highest BCUT2D eigenvalue weighted by Gasteiger charge is 2.13. The Morgan fingerprint density at radius 3 is 2.50 bits per heavy atom. The largest absolute Gasteiger partial charge is 0.494 e. The van der Waals surface area contributed by atoms with Crippen LogP contribution in [0.4, 0.5) is 5.69 Å². The van der Waals surface area contributed by atoms with Gasteiger partial charge in [-0.3, -0.25) is 18.9 Å². The molecule has 0 aliphatic heterocycles. The summed E-state index contributed by atoms with van der Waals surface area (Å²) in [7, 11) is 0. The predicted molar refractivity (Wildman–Crippen MR) is 93.9 cm³/mol. The van der Waals surface area contributed by atoms with Gasteiger partial charge in [0.2, 0.25) is 5.88 Å². The Morgan fingerprint density at radius 1 is 1.27 bits per heavy atom. The van der Waals surface area contributed by atoms with Crippen LogP contribution in [0.25, 0.3) is 0 Å². The van der Waals surface area contributed by atoms with Crippen molar-refractivity contribution in [1.29, 1.82) is 0 Å². The molecule has 0 spiro atoms. The summed E-state index contributed by atoms with van der Waals surface area (Å²) in [6, 6.07) is 7.39. The first kappa shape index (κ1) is 16.6. The standard InChI is InChI=1S/C15H16BrN3O2S/c1-3-18-13(20)10(14(21)19(4-2)15(18)22)9-17-12-8-6-5-7-11(12)16/h5-9,20H,3-4H2,1-2H3. The van der Waals surface area contributed by atoms with E-state index in [2.05, 4.69) is 20.9 Å². The molecule has 5 nitrogen and oxygen atoms in total. The van der Waals surface area contributed by atoms with Crippen LogP contribution >= 0.6 is 28.1 Å². The van der Waals surface area contributed by atoms with Crippen molar-refractivity contribution in [2.24, 2.45) is 4.99 Å². The van der Waals surface area contributed by atoms with Crippen LogP contribution in [0.15, 0.2) is 38.5 Å². The second kappa shape index (κ2) is 7.02. The van der Waals surface area contributed by atoms with Gasteiger partial charge in [-0.1, -0.05) is 12.1 Å². The molecular formula is C15H16BrN3O2S. The number of hydrogen-bond acceptors (Lipinski definition) is 4. The first-order valence-electron chi connectivity index (χ1n) is 6.86. The van der Waals surface area contributed by atoms with Gasteiger partial charge in [-0.15, -0.1) is 0 Å². The Hall–Kier alpha value is -1.73. The molecule has 116 valence electrons. The fourth-order valence-electron chi connectivity index (χ4n) is 2.08. The average molecular weight is 382 g/mol. The van der Waals surface area contributed by atoms with Gasteiger partial charge in [0.15, 0.2) is 4.77 Å². The third-order valence-electron chi connectivity index (χ3n) is 3.25. The normalized spacial score (nSPS) is 11.2. The summed E-state index contributed by atoms with van der Waals surface area (Å²) in [5, 5.41) is 10.3. The number of rotatable bonds is 4. The van der Waals surface area contributed by atoms with Gasteiger partial charge in [0.05, 0.1) is 5.69 Å². The maximum Gasteiger partial charge on any atom is 0.267 e. The van der Waals surface area contributed by atoms with Gasteiger partial charge < -0.3 is 5.11 Å². The summed E-state index contributed by atoms with van der Waals surface area (Å²) in [5.74, 6) is -0.155. The van der Waals surface area contributed by atoms with Crippen LogP contribution in [0.5, 0.6) is 5.88 Å². The molecule has 1 N–H and O–H groups in total. The molecular weight excluding hydrogens is 366 g/mol. The van der Waals surface area contributed by atoms with Crippen molar-refractivity contribution in [1.82, 2.24) is 9.13 Å². The van der Waals surface area contributed by atoms with Gasteiger partial charge in [-0.05, 0) is 54.1 Å². The topological polar surface area (TPSA) is 59.5 Å². The molecule has 0 unspecified atom stereocenters. The molecule has 0 aliphatic carbocycles. The summed E-state index contributed by atoms with van der Waals surface area (Å²) in [4.78, 5) is 16.7. The highest BCUT2D eigenvalue weighted by molar-refractivity contribution is 9.10. The number of aromatic hydroxyl groups is 1. The summed E-state index contributed by atoms with van der Waals surface area (Å²) in [5.41, 5.74) is 0.466. The van der Waals surface area contributed by atoms with Gasteiger partial charge in [0.25, 0.3) is 5.56 Å². The first-order chi connectivity index (χ1) is 10.5. The number of nitrogens with zero attached hydrogens (tertiary/aromatic N) is 3. The maximum absolute atomic E-state index is 12.4. The third kappa shape index (κ3) is 3.05. The molecule has 7 heteroatoms. The Morgan fingerprint density at radius 2 is 1.91 bits per heavy atom. The predicted octanol–water partition coefficient (Wildman–Crippen LogP) is 3.64. The van der Waals surface area contributed by atoms with Gasteiger partial charge >= 0.3 is 0 Å². The number of benzene rings is 1. The third-order valence-corrected chi connectivity index (χ3v) is 4.36. The average Bonchev–Trinajstić information content (AvgIpc) is 2.49. The van der Waals surface area contributed by atoms with E-state index in [0.717, 1.165) is 4.47 Å². The first-order valence-corrected chi connectivity index (χ1v) is 8.06. The maximum atomic E-state index is 12.4. The van der Waals surface area contributed by atoms with Crippen molar-refractivity contribution >= 4 is 40.0 Å². The smallest absolute Gasteiger partial charge is 0.267 e. The van der Waals surface area contributed by atoms with Gasteiger partial charge in [-0.2, -0.15) is 0 Å². The molecule has 0 saturated carbocycles. The van der Waals surface area contributed by atoms with E-state index in [1.807, 2.05) is 38.1 Å². The van der Waals surface area contributed by atoms with E-state index in [9.17, 15) is 9.90 Å². The number of hydrogen-bond donors (Lipinski definition) is 1. The molecule has 2 aromatic rings. The second-order valence-electron chi connectivity index (χ2n) is 4.52. The minimum absolute atomic E-state index is 0.132. The van der Waals surface area contributed by atoms with Crippen LogP contribution in [0.1, 0.15) is 19.4 Å². The molecule has 0 radical (unpaired) electrons. The summed E-state index contributed by atoms with van der Waals surface area (Å²) < 4.78 is 4.08. The van der Waals surface area contributed by atoms with Gasteiger partial charge in [0, 0.05) is 23.8 Å². The van der Waals surface area contributed by atoms with Crippen LogP contribution in [0, 0.1) is 4.77 Å². The number of para-hydroxylation sites is 1. The number of aliphatic imine (C=N–C) groups is 1. The quantitative estimate of drug-likeness (QED) is 0.649. The van der Waals surface area contributed by atoms with Crippen molar-refractivity contribution < 1.29 is 5.11 Å². The molecule has 2 rings (SSSR count). The fraction of sp³-hybridized carbons (Fsp3) is 0.267. The van der Waals surface area contributed by atoms with Gasteiger partial charge in [0.1, 0.15) is 5.56 Å². The van der Waals surface area contributed by atoms with Crippen molar-refractivity contribution in [2.75, 3.05) is 0 Å². The van der Waals surface area contributed by atoms with E-state index in [0.29, 0.717) is 23.5 Å².